The minimum Gasteiger partial charge on any atom is -0.382 e. The highest BCUT2D eigenvalue weighted by Gasteiger charge is 2.28. The van der Waals surface area contributed by atoms with Gasteiger partial charge in [0.15, 0.2) is 0 Å². The van der Waals surface area contributed by atoms with E-state index in [-0.39, 0.29) is 35.8 Å². The summed E-state index contributed by atoms with van der Waals surface area (Å²) in [7, 11) is 1.52. The van der Waals surface area contributed by atoms with Gasteiger partial charge in [-0.2, -0.15) is 0 Å². The number of ether oxygens (including phenoxy) is 2. The van der Waals surface area contributed by atoms with Crippen LogP contribution in [-0.4, -0.2) is 35.7 Å². The van der Waals surface area contributed by atoms with Gasteiger partial charge in [-0.1, -0.05) is 17.7 Å². The fraction of sp³-hybridized carbons (Fsp3) is 0.321. The van der Waals surface area contributed by atoms with Crippen LogP contribution >= 0.6 is 11.6 Å². The smallest absolute Gasteiger partial charge is 0.251 e. The highest BCUT2D eigenvalue weighted by Crippen LogP contribution is 2.36. The lowest BCUT2D eigenvalue weighted by molar-refractivity contribution is -0.120. The van der Waals surface area contributed by atoms with Crippen molar-refractivity contribution in [3.8, 4) is 11.1 Å². The molecule has 200 valence electrons. The molecule has 8 nitrogen and oxygen atoms in total. The van der Waals surface area contributed by atoms with Gasteiger partial charge in [0.25, 0.3) is 5.56 Å². The van der Waals surface area contributed by atoms with E-state index in [0.29, 0.717) is 34.4 Å². The molecule has 0 saturated heterocycles. The maximum Gasteiger partial charge on any atom is 0.251 e. The first-order chi connectivity index (χ1) is 18.1. The van der Waals surface area contributed by atoms with Gasteiger partial charge in [0.2, 0.25) is 11.8 Å². The Balaban J connectivity index is 1.78. The third kappa shape index (κ3) is 5.80. The van der Waals surface area contributed by atoms with Gasteiger partial charge in [-0.25, -0.2) is 4.39 Å². The van der Waals surface area contributed by atoms with Gasteiger partial charge in [0.1, 0.15) is 11.9 Å². The van der Waals surface area contributed by atoms with Crippen LogP contribution in [0.3, 0.4) is 0 Å². The Morgan fingerprint density at radius 1 is 1.24 bits per heavy atom. The van der Waals surface area contributed by atoms with Crippen molar-refractivity contribution >= 4 is 29.1 Å². The van der Waals surface area contributed by atoms with E-state index >= 15 is 4.39 Å². The molecule has 38 heavy (non-hydrogen) atoms. The van der Waals surface area contributed by atoms with Crippen LogP contribution in [-0.2, 0) is 27.3 Å². The number of carbonyl (C=O) groups excluding carboxylic acids is 2. The third-order valence-electron chi connectivity index (χ3n) is 6.68. The second-order valence-electron chi connectivity index (χ2n) is 9.41. The molecule has 0 fully saturated rings. The van der Waals surface area contributed by atoms with Crippen molar-refractivity contribution in [3.63, 3.8) is 0 Å². The quantitative estimate of drug-likeness (QED) is 0.458. The number of rotatable bonds is 7. The number of primary amides is 1. The fourth-order valence-electron chi connectivity index (χ4n) is 4.54. The van der Waals surface area contributed by atoms with Crippen LogP contribution in [0.1, 0.15) is 47.8 Å². The number of methoxy groups -OCH3 is 1. The molecule has 0 saturated carbocycles. The summed E-state index contributed by atoms with van der Waals surface area (Å²) >= 11 is 6.10. The number of nitrogens with zero attached hydrogens (tertiary/aromatic N) is 1. The van der Waals surface area contributed by atoms with Gasteiger partial charge < -0.3 is 25.1 Å². The van der Waals surface area contributed by atoms with E-state index in [4.69, 9.17) is 26.8 Å². The molecule has 1 aliphatic heterocycles. The Hall–Kier alpha value is -3.53. The lowest BCUT2D eigenvalue weighted by Crippen LogP contribution is -2.35. The van der Waals surface area contributed by atoms with Crippen molar-refractivity contribution in [1.29, 1.82) is 0 Å². The van der Waals surface area contributed by atoms with E-state index in [0.717, 1.165) is 0 Å². The average molecular weight is 542 g/mol. The first-order valence-electron chi connectivity index (χ1n) is 12.2. The van der Waals surface area contributed by atoms with E-state index in [1.165, 1.54) is 35.9 Å². The monoisotopic (exact) mass is 541 g/mol. The summed E-state index contributed by atoms with van der Waals surface area (Å²) in [5.74, 6) is -1.64. The average Bonchev–Trinajstić information content (AvgIpc) is 2.88. The molecular weight excluding hydrogens is 513 g/mol. The number of carbonyl (C=O) groups is 2. The van der Waals surface area contributed by atoms with E-state index in [9.17, 15) is 14.4 Å². The van der Waals surface area contributed by atoms with Gasteiger partial charge in [0.05, 0.1) is 23.8 Å². The molecule has 2 heterocycles. The van der Waals surface area contributed by atoms with Crippen molar-refractivity contribution in [3.05, 3.63) is 86.5 Å². The number of halogens is 2. The second-order valence-corrected chi connectivity index (χ2v) is 9.81. The molecular formula is C28H29ClFN3O5. The maximum absolute atomic E-state index is 15.3. The zero-order valence-corrected chi connectivity index (χ0v) is 22.0. The Morgan fingerprint density at radius 2 is 1.95 bits per heavy atom. The first-order valence-corrected chi connectivity index (χ1v) is 12.5. The summed E-state index contributed by atoms with van der Waals surface area (Å²) in [5, 5.41) is 2.75. The Morgan fingerprint density at radius 3 is 2.61 bits per heavy atom. The Bertz CT molecular complexity index is 1420. The van der Waals surface area contributed by atoms with Gasteiger partial charge in [-0.05, 0) is 61.7 Å². The van der Waals surface area contributed by atoms with Gasteiger partial charge in [0, 0.05) is 48.2 Å². The lowest BCUT2D eigenvalue weighted by atomic mass is 9.92. The number of fused-ring (bicyclic) bond motifs is 3. The molecule has 1 aromatic heterocycles. The molecule has 3 unspecified atom stereocenters. The normalized spacial score (nSPS) is 16.4. The minimum atomic E-state index is -0.954. The Kier molecular flexibility index (Phi) is 8.30. The molecule has 4 rings (SSSR count). The zero-order valence-electron chi connectivity index (χ0n) is 21.3. The standard InChI is InChI=1S/C28H29ClFN3O5/c1-15(37-3)11-23(28(36)32-20-7-4-17(5-8-20)27(31)35)33-13-19-14-38-16(2)10-18-6-9-22(29)26(30)25(18)21(19)12-24(33)34/h4-9,12-13,15-16,23H,10-11,14H2,1-3H3,(H2,31,35)(H,32,36). The van der Waals surface area contributed by atoms with Crippen LogP contribution in [0, 0.1) is 5.82 Å². The molecule has 10 heteroatoms. The van der Waals surface area contributed by atoms with Crippen LogP contribution in [0.4, 0.5) is 10.1 Å². The van der Waals surface area contributed by atoms with Crippen molar-refractivity contribution in [2.75, 3.05) is 12.4 Å². The van der Waals surface area contributed by atoms with E-state index in [2.05, 4.69) is 5.32 Å². The van der Waals surface area contributed by atoms with Gasteiger partial charge in [-0.15, -0.1) is 0 Å². The third-order valence-corrected chi connectivity index (χ3v) is 6.97. The van der Waals surface area contributed by atoms with Gasteiger partial charge >= 0.3 is 0 Å². The number of hydrogen-bond donors (Lipinski definition) is 2. The molecule has 0 radical (unpaired) electrons. The van der Waals surface area contributed by atoms with E-state index in [1.54, 1.807) is 31.3 Å². The highest BCUT2D eigenvalue weighted by molar-refractivity contribution is 6.31. The van der Waals surface area contributed by atoms with E-state index in [1.807, 2.05) is 6.92 Å². The van der Waals surface area contributed by atoms with Crippen LogP contribution in [0.2, 0.25) is 5.02 Å². The van der Waals surface area contributed by atoms with Crippen molar-refractivity contribution in [2.45, 2.75) is 51.5 Å². The summed E-state index contributed by atoms with van der Waals surface area (Å²) in [6, 6.07) is 9.70. The summed E-state index contributed by atoms with van der Waals surface area (Å²) in [6.45, 7) is 3.79. The number of aromatic nitrogens is 1. The largest absolute Gasteiger partial charge is 0.382 e. The number of amides is 2. The molecule has 3 N–H and O–H groups in total. The topological polar surface area (TPSA) is 113 Å². The van der Waals surface area contributed by atoms with Crippen molar-refractivity contribution in [2.24, 2.45) is 5.73 Å². The van der Waals surface area contributed by atoms with Crippen molar-refractivity contribution in [1.82, 2.24) is 4.57 Å². The summed E-state index contributed by atoms with van der Waals surface area (Å²) in [5.41, 5.74) is 7.41. The highest BCUT2D eigenvalue weighted by atomic mass is 35.5. The lowest BCUT2D eigenvalue weighted by Gasteiger charge is -2.26. The molecule has 0 aliphatic carbocycles. The molecule has 3 aromatic rings. The number of pyridine rings is 1. The predicted molar refractivity (Wildman–Crippen MR) is 143 cm³/mol. The number of benzene rings is 2. The molecule has 0 spiro atoms. The SMILES string of the molecule is COC(C)CC(C(=O)Nc1ccc(C(N)=O)cc1)n1cc2c(cc1=O)-c1c(ccc(Cl)c1F)CC(C)OC2. The van der Waals surface area contributed by atoms with Crippen LogP contribution in [0.5, 0.6) is 0 Å². The first kappa shape index (κ1) is 27.5. The number of anilines is 1. The summed E-state index contributed by atoms with van der Waals surface area (Å²) in [6.07, 6.45) is 1.62. The summed E-state index contributed by atoms with van der Waals surface area (Å²) < 4.78 is 27.9. The molecule has 2 aromatic carbocycles. The van der Waals surface area contributed by atoms with Crippen molar-refractivity contribution < 1.29 is 23.5 Å². The summed E-state index contributed by atoms with van der Waals surface area (Å²) in [4.78, 5) is 38.3. The van der Waals surface area contributed by atoms with Crippen LogP contribution in [0.15, 0.2) is 53.5 Å². The van der Waals surface area contributed by atoms with Crippen LogP contribution < -0.4 is 16.6 Å². The molecule has 0 bridgehead atoms. The number of nitrogens with two attached hydrogens (primary N) is 1. The van der Waals surface area contributed by atoms with Gasteiger partial charge in [-0.3, -0.25) is 14.4 Å². The predicted octanol–water partition coefficient (Wildman–Crippen LogP) is 4.47. The van der Waals surface area contributed by atoms with E-state index < -0.39 is 29.2 Å². The number of hydrogen-bond acceptors (Lipinski definition) is 5. The van der Waals surface area contributed by atoms with Crippen LogP contribution in [0.25, 0.3) is 11.1 Å². The second kappa shape index (κ2) is 11.5. The Labute approximate surface area is 224 Å². The maximum atomic E-state index is 15.3. The minimum absolute atomic E-state index is 0.0402. The fourth-order valence-corrected chi connectivity index (χ4v) is 4.69. The zero-order chi connectivity index (χ0) is 27.6. The number of nitrogens with one attached hydrogen (secondary N) is 1. The molecule has 1 aliphatic rings. The molecule has 2 amide bonds. The molecule has 3 atom stereocenters.